The Labute approximate surface area is 87.5 Å². The number of benzene rings is 1. The van der Waals surface area contributed by atoms with Crippen LogP contribution in [0.15, 0.2) is 33.5 Å². The van der Waals surface area contributed by atoms with E-state index in [1.165, 1.54) is 6.07 Å². The van der Waals surface area contributed by atoms with Crippen LogP contribution in [0.25, 0.3) is 11.0 Å². The van der Waals surface area contributed by atoms with Crippen molar-refractivity contribution in [1.82, 2.24) is 0 Å². The Hall–Kier alpha value is -1.61. The smallest absolute Gasteiger partial charge is 0.192 e. The average Bonchev–Trinajstić information content (AvgIpc) is 2.17. The molecule has 1 aromatic heterocycles. The van der Waals surface area contributed by atoms with Crippen molar-refractivity contribution in [1.29, 1.82) is 0 Å². The molecule has 0 fully saturated rings. The van der Waals surface area contributed by atoms with Crippen molar-refractivity contribution in [3.8, 4) is 0 Å². The summed E-state index contributed by atoms with van der Waals surface area (Å²) in [7, 11) is 0. The highest BCUT2D eigenvalue weighted by atomic mass is 16.3. The lowest BCUT2D eigenvalue weighted by Crippen LogP contribution is -2.07. The first-order valence-corrected chi connectivity index (χ1v) is 4.94. The Morgan fingerprint density at radius 2 is 2.13 bits per heavy atom. The second-order valence-electron chi connectivity index (χ2n) is 3.62. The SMILES string of the molecule is Cc1ccc2c(=O)cc(CCN)oc2c1. The summed E-state index contributed by atoms with van der Waals surface area (Å²) in [4.78, 5) is 11.7. The van der Waals surface area contributed by atoms with E-state index in [0.29, 0.717) is 29.7 Å². The Morgan fingerprint density at radius 1 is 1.33 bits per heavy atom. The van der Waals surface area contributed by atoms with Crippen LogP contribution in [0.5, 0.6) is 0 Å². The van der Waals surface area contributed by atoms with E-state index >= 15 is 0 Å². The van der Waals surface area contributed by atoms with E-state index in [2.05, 4.69) is 0 Å². The van der Waals surface area contributed by atoms with Crippen LogP contribution in [0.2, 0.25) is 0 Å². The second-order valence-corrected chi connectivity index (χ2v) is 3.62. The Bertz CT molecular complexity index is 543. The van der Waals surface area contributed by atoms with Crippen molar-refractivity contribution in [3.05, 3.63) is 45.8 Å². The molecule has 0 aliphatic heterocycles. The van der Waals surface area contributed by atoms with E-state index in [9.17, 15) is 4.79 Å². The van der Waals surface area contributed by atoms with Gasteiger partial charge in [-0.15, -0.1) is 0 Å². The van der Waals surface area contributed by atoms with Crippen LogP contribution >= 0.6 is 0 Å². The van der Waals surface area contributed by atoms with Crippen molar-refractivity contribution < 1.29 is 4.42 Å². The summed E-state index contributed by atoms with van der Waals surface area (Å²) in [6.07, 6.45) is 0.596. The van der Waals surface area contributed by atoms with Crippen LogP contribution in [0, 0.1) is 6.92 Å². The summed E-state index contributed by atoms with van der Waals surface area (Å²) in [6, 6.07) is 7.09. The molecule has 2 N–H and O–H groups in total. The molecule has 1 aromatic carbocycles. The summed E-state index contributed by atoms with van der Waals surface area (Å²) >= 11 is 0. The van der Waals surface area contributed by atoms with Gasteiger partial charge in [0.1, 0.15) is 11.3 Å². The lowest BCUT2D eigenvalue weighted by molar-refractivity contribution is 0.537. The van der Waals surface area contributed by atoms with Gasteiger partial charge in [-0.25, -0.2) is 0 Å². The quantitative estimate of drug-likeness (QED) is 0.806. The van der Waals surface area contributed by atoms with Crippen LogP contribution in [0.4, 0.5) is 0 Å². The topological polar surface area (TPSA) is 56.2 Å². The van der Waals surface area contributed by atoms with Gasteiger partial charge < -0.3 is 10.2 Å². The van der Waals surface area contributed by atoms with Crippen molar-refractivity contribution >= 4 is 11.0 Å². The van der Waals surface area contributed by atoms with E-state index < -0.39 is 0 Å². The molecule has 0 saturated heterocycles. The highest BCUT2D eigenvalue weighted by Gasteiger charge is 2.03. The van der Waals surface area contributed by atoms with E-state index in [-0.39, 0.29) is 5.43 Å². The number of hydrogen-bond acceptors (Lipinski definition) is 3. The molecule has 0 amide bonds. The predicted molar refractivity (Wildman–Crippen MR) is 60.0 cm³/mol. The molecule has 0 aliphatic rings. The second kappa shape index (κ2) is 3.87. The molecular weight excluding hydrogens is 190 g/mol. The van der Waals surface area contributed by atoms with Crippen LogP contribution in [0.1, 0.15) is 11.3 Å². The van der Waals surface area contributed by atoms with Crippen LogP contribution in [-0.2, 0) is 6.42 Å². The predicted octanol–water partition coefficient (Wildman–Crippen LogP) is 1.60. The molecule has 0 spiro atoms. The number of nitrogens with two attached hydrogens (primary N) is 1. The Balaban J connectivity index is 2.68. The number of hydrogen-bond donors (Lipinski definition) is 1. The maximum atomic E-state index is 11.7. The molecule has 0 atom stereocenters. The molecule has 2 rings (SSSR count). The highest BCUT2D eigenvalue weighted by Crippen LogP contribution is 2.14. The minimum Gasteiger partial charge on any atom is -0.461 e. The molecule has 0 unspecified atom stereocenters. The molecule has 78 valence electrons. The van der Waals surface area contributed by atoms with Gasteiger partial charge in [-0.1, -0.05) is 6.07 Å². The first-order chi connectivity index (χ1) is 7.20. The largest absolute Gasteiger partial charge is 0.461 e. The molecule has 2 aromatic rings. The lowest BCUT2D eigenvalue weighted by atomic mass is 10.1. The van der Waals surface area contributed by atoms with Crippen molar-refractivity contribution in [3.63, 3.8) is 0 Å². The molecule has 15 heavy (non-hydrogen) atoms. The Morgan fingerprint density at radius 3 is 2.87 bits per heavy atom. The zero-order valence-corrected chi connectivity index (χ0v) is 8.62. The first-order valence-electron chi connectivity index (χ1n) is 4.94. The molecule has 0 bridgehead atoms. The van der Waals surface area contributed by atoms with Gasteiger partial charge in [-0.05, 0) is 31.2 Å². The van der Waals surface area contributed by atoms with Gasteiger partial charge >= 0.3 is 0 Å². The summed E-state index contributed by atoms with van der Waals surface area (Å²) in [5.41, 5.74) is 7.15. The van der Waals surface area contributed by atoms with Gasteiger partial charge in [-0.2, -0.15) is 0 Å². The van der Waals surface area contributed by atoms with Gasteiger partial charge in [0.15, 0.2) is 5.43 Å². The third kappa shape index (κ3) is 1.92. The average molecular weight is 203 g/mol. The third-order valence-electron chi connectivity index (χ3n) is 2.33. The Kier molecular flexibility index (Phi) is 2.56. The standard InChI is InChI=1S/C12H13NO2/c1-8-2-3-10-11(14)7-9(4-5-13)15-12(10)6-8/h2-3,6-7H,4-5,13H2,1H3. The zero-order valence-electron chi connectivity index (χ0n) is 8.62. The molecule has 0 radical (unpaired) electrons. The first kappa shape index (κ1) is 9.93. The van der Waals surface area contributed by atoms with Gasteiger partial charge in [0.05, 0.1) is 5.39 Å². The summed E-state index contributed by atoms with van der Waals surface area (Å²) in [5.74, 6) is 0.653. The minimum absolute atomic E-state index is 0.000278. The lowest BCUT2D eigenvalue weighted by Gasteiger charge is -2.01. The van der Waals surface area contributed by atoms with Gasteiger partial charge in [-0.3, -0.25) is 4.79 Å². The highest BCUT2D eigenvalue weighted by molar-refractivity contribution is 5.77. The van der Waals surface area contributed by atoms with Crippen LogP contribution < -0.4 is 11.2 Å². The van der Waals surface area contributed by atoms with Crippen molar-refractivity contribution in [2.75, 3.05) is 6.54 Å². The fourth-order valence-electron chi connectivity index (χ4n) is 1.58. The van der Waals surface area contributed by atoms with Gasteiger partial charge in [0, 0.05) is 12.5 Å². The van der Waals surface area contributed by atoms with Gasteiger partial charge in [0.25, 0.3) is 0 Å². The van der Waals surface area contributed by atoms with E-state index in [1.54, 1.807) is 6.07 Å². The van der Waals surface area contributed by atoms with Crippen molar-refractivity contribution in [2.45, 2.75) is 13.3 Å². The summed E-state index contributed by atoms with van der Waals surface area (Å²) in [6.45, 7) is 2.45. The summed E-state index contributed by atoms with van der Waals surface area (Å²) < 4.78 is 5.58. The molecule has 0 saturated carbocycles. The zero-order chi connectivity index (χ0) is 10.8. The van der Waals surface area contributed by atoms with Gasteiger partial charge in [0.2, 0.25) is 0 Å². The fraction of sp³-hybridized carbons (Fsp3) is 0.250. The molecule has 1 heterocycles. The fourth-order valence-corrected chi connectivity index (χ4v) is 1.58. The molecular formula is C12H13NO2. The summed E-state index contributed by atoms with van der Waals surface area (Å²) in [5, 5.41) is 0.626. The maximum Gasteiger partial charge on any atom is 0.192 e. The molecule has 3 nitrogen and oxygen atoms in total. The number of fused-ring (bicyclic) bond motifs is 1. The van der Waals surface area contributed by atoms with Crippen LogP contribution in [0.3, 0.4) is 0 Å². The third-order valence-corrected chi connectivity index (χ3v) is 2.33. The molecule has 3 heteroatoms. The van der Waals surface area contributed by atoms with E-state index in [0.717, 1.165) is 5.56 Å². The van der Waals surface area contributed by atoms with E-state index in [4.69, 9.17) is 10.2 Å². The minimum atomic E-state index is -0.000278. The van der Waals surface area contributed by atoms with Crippen LogP contribution in [-0.4, -0.2) is 6.54 Å². The normalized spacial score (nSPS) is 10.8. The molecule has 0 aliphatic carbocycles. The number of aryl methyl sites for hydroxylation is 1. The number of rotatable bonds is 2. The maximum absolute atomic E-state index is 11.7. The van der Waals surface area contributed by atoms with E-state index in [1.807, 2.05) is 19.1 Å². The monoisotopic (exact) mass is 203 g/mol. The van der Waals surface area contributed by atoms with Crippen molar-refractivity contribution in [2.24, 2.45) is 5.73 Å².